The van der Waals surface area contributed by atoms with E-state index in [1.165, 1.54) is 11.1 Å². The number of ether oxygens (including phenoxy) is 1. The number of hydrogen-bond acceptors (Lipinski definition) is 2. The van der Waals surface area contributed by atoms with Gasteiger partial charge in [-0.2, -0.15) is 0 Å². The number of benzene rings is 3. The minimum atomic E-state index is -0.000955. The van der Waals surface area contributed by atoms with E-state index in [9.17, 15) is 0 Å². The maximum absolute atomic E-state index is 5.48. The maximum atomic E-state index is 5.48. The molecular weight excluding hydrogens is 294 g/mol. The topological polar surface area (TPSA) is 21.6 Å². The lowest BCUT2D eigenvalue weighted by Gasteiger charge is -2.13. The molecule has 0 heterocycles. The Hall–Kier alpha value is -2.87. The smallest absolute Gasteiger partial charge is 0.119 e. The number of nitrogens with zero attached hydrogens (tertiary/aromatic N) is 1. The molecule has 0 unspecified atom stereocenters. The third kappa shape index (κ3) is 4.11. The SMILES string of the molecule is CCOc1ccc(C=NC(c2ccccc2)c2ccccc2)cc1. The first-order valence-corrected chi connectivity index (χ1v) is 8.23. The second-order valence-corrected chi connectivity index (χ2v) is 5.50. The summed E-state index contributed by atoms with van der Waals surface area (Å²) in [5, 5.41) is 0. The fraction of sp³-hybridized carbons (Fsp3) is 0.136. The van der Waals surface area contributed by atoms with Crippen molar-refractivity contribution in [3.05, 3.63) is 102 Å². The summed E-state index contributed by atoms with van der Waals surface area (Å²) in [5.41, 5.74) is 3.44. The van der Waals surface area contributed by atoms with E-state index in [1.807, 2.05) is 49.5 Å². The van der Waals surface area contributed by atoms with Gasteiger partial charge in [0.05, 0.1) is 12.6 Å². The quantitative estimate of drug-likeness (QED) is 0.566. The molecule has 0 amide bonds. The molecule has 0 radical (unpaired) electrons. The lowest BCUT2D eigenvalue weighted by molar-refractivity contribution is 0.340. The highest BCUT2D eigenvalue weighted by molar-refractivity contribution is 5.80. The molecule has 0 fully saturated rings. The Morgan fingerprint density at radius 3 is 1.83 bits per heavy atom. The summed E-state index contributed by atoms with van der Waals surface area (Å²) in [6.07, 6.45) is 1.93. The summed E-state index contributed by atoms with van der Waals surface area (Å²) in [6, 6.07) is 28.8. The molecule has 0 bridgehead atoms. The zero-order chi connectivity index (χ0) is 16.6. The highest BCUT2D eigenvalue weighted by Gasteiger charge is 2.11. The van der Waals surface area contributed by atoms with Crippen molar-refractivity contribution in [2.75, 3.05) is 6.61 Å². The largest absolute Gasteiger partial charge is 0.494 e. The molecule has 0 atom stereocenters. The van der Waals surface area contributed by atoms with Gasteiger partial charge in [-0.15, -0.1) is 0 Å². The van der Waals surface area contributed by atoms with Crippen molar-refractivity contribution in [1.82, 2.24) is 0 Å². The Labute approximate surface area is 143 Å². The van der Waals surface area contributed by atoms with Crippen LogP contribution in [0, 0.1) is 0 Å². The van der Waals surface area contributed by atoms with E-state index < -0.39 is 0 Å². The van der Waals surface area contributed by atoms with E-state index in [4.69, 9.17) is 9.73 Å². The lowest BCUT2D eigenvalue weighted by atomic mass is 9.99. The molecule has 0 N–H and O–H groups in total. The van der Waals surface area contributed by atoms with Gasteiger partial charge in [-0.3, -0.25) is 4.99 Å². The first kappa shape index (κ1) is 16.0. The Bertz CT molecular complexity index is 725. The predicted octanol–water partition coefficient (Wildman–Crippen LogP) is 5.29. The van der Waals surface area contributed by atoms with Gasteiger partial charge in [0.2, 0.25) is 0 Å². The molecule has 0 spiro atoms. The van der Waals surface area contributed by atoms with Crippen molar-refractivity contribution in [2.24, 2.45) is 4.99 Å². The summed E-state index contributed by atoms with van der Waals surface area (Å²) < 4.78 is 5.48. The normalized spacial score (nSPS) is 11.1. The third-order valence-corrected chi connectivity index (χ3v) is 3.79. The van der Waals surface area contributed by atoms with Crippen molar-refractivity contribution >= 4 is 6.21 Å². The first-order chi connectivity index (χ1) is 11.9. The fourth-order valence-corrected chi connectivity index (χ4v) is 2.61. The molecule has 3 aromatic carbocycles. The highest BCUT2D eigenvalue weighted by Crippen LogP contribution is 2.25. The molecule has 0 aliphatic carbocycles. The summed E-state index contributed by atoms with van der Waals surface area (Å²) in [7, 11) is 0. The minimum Gasteiger partial charge on any atom is -0.494 e. The Morgan fingerprint density at radius 2 is 1.33 bits per heavy atom. The number of rotatable bonds is 6. The van der Waals surface area contributed by atoms with Crippen LogP contribution in [-0.2, 0) is 0 Å². The molecule has 120 valence electrons. The van der Waals surface area contributed by atoms with Gasteiger partial charge in [0, 0.05) is 6.21 Å². The van der Waals surface area contributed by atoms with Crippen LogP contribution in [0.3, 0.4) is 0 Å². The molecular formula is C22H21NO. The Kier molecular flexibility index (Phi) is 5.41. The second kappa shape index (κ2) is 8.11. The molecule has 2 heteroatoms. The molecule has 3 rings (SSSR count). The van der Waals surface area contributed by atoms with Gasteiger partial charge in [-0.05, 0) is 47.9 Å². The van der Waals surface area contributed by atoms with Crippen LogP contribution in [0.5, 0.6) is 5.75 Å². The van der Waals surface area contributed by atoms with Crippen molar-refractivity contribution in [3.8, 4) is 5.75 Å². The standard InChI is InChI=1S/C22H21NO/c1-2-24-21-15-13-18(14-16-21)17-23-22(19-9-5-3-6-10-19)20-11-7-4-8-12-20/h3-17,22H,2H2,1H3. The van der Waals surface area contributed by atoms with E-state index in [-0.39, 0.29) is 6.04 Å². The van der Waals surface area contributed by atoms with Crippen LogP contribution in [0.15, 0.2) is 89.9 Å². The van der Waals surface area contributed by atoms with Crippen LogP contribution in [0.25, 0.3) is 0 Å². The summed E-state index contributed by atoms with van der Waals surface area (Å²) in [4.78, 5) is 4.84. The van der Waals surface area contributed by atoms with Crippen LogP contribution in [0.4, 0.5) is 0 Å². The molecule has 2 nitrogen and oxygen atoms in total. The second-order valence-electron chi connectivity index (χ2n) is 5.50. The lowest BCUT2D eigenvalue weighted by Crippen LogP contribution is -1.99. The van der Waals surface area contributed by atoms with E-state index >= 15 is 0 Å². The maximum Gasteiger partial charge on any atom is 0.119 e. The number of aliphatic imine (C=N–C) groups is 1. The highest BCUT2D eigenvalue weighted by atomic mass is 16.5. The van der Waals surface area contributed by atoms with Crippen LogP contribution in [0.1, 0.15) is 29.7 Å². The van der Waals surface area contributed by atoms with Crippen molar-refractivity contribution < 1.29 is 4.74 Å². The molecule has 0 saturated heterocycles. The monoisotopic (exact) mass is 315 g/mol. The average molecular weight is 315 g/mol. The van der Waals surface area contributed by atoms with Gasteiger partial charge in [0.25, 0.3) is 0 Å². The molecule has 0 saturated carbocycles. The van der Waals surface area contributed by atoms with Crippen molar-refractivity contribution in [3.63, 3.8) is 0 Å². The zero-order valence-corrected chi connectivity index (χ0v) is 13.8. The molecule has 24 heavy (non-hydrogen) atoms. The van der Waals surface area contributed by atoms with E-state index in [2.05, 4.69) is 48.5 Å². The van der Waals surface area contributed by atoms with Crippen molar-refractivity contribution in [2.45, 2.75) is 13.0 Å². The van der Waals surface area contributed by atoms with Crippen LogP contribution < -0.4 is 4.74 Å². The molecule has 0 aliphatic heterocycles. The fourth-order valence-electron chi connectivity index (χ4n) is 2.61. The van der Waals surface area contributed by atoms with Gasteiger partial charge in [0.15, 0.2) is 0 Å². The summed E-state index contributed by atoms with van der Waals surface area (Å²) in [5.74, 6) is 0.886. The van der Waals surface area contributed by atoms with E-state index in [1.54, 1.807) is 0 Å². The Morgan fingerprint density at radius 1 is 0.792 bits per heavy atom. The molecule has 0 aliphatic rings. The van der Waals surface area contributed by atoms with E-state index in [0.29, 0.717) is 6.61 Å². The van der Waals surface area contributed by atoms with Gasteiger partial charge in [0.1, 0.15) is 5.75 Å². The predicted molar refractivity (Wildman–Crippen MR) is 99.9 cm³/mol. The third-order valence-electron chi connectivity index (χ3n) is 3.79. The van der Waals surface area contributed by atoms with Gasteiger partial charge >= 0.3 is 0 Å². The van der Waals surface area contributed by atoms with Crippen LogP contribution in [0.2, 0.25) is 0 Å². The number of hydrogen-bond donors (Lipinski definition) is 0. The zero-order valence-electron chi connectivity index (χ0n) is 13.8. The Balaban J connectivity index is 1.86. The van der Waals surface area contributed by atoms with Crippen LogP contribution >= 0.6 is 0 Å². The average Bonchev–Trinajstić information content (AvgIpc) is 2.65. The minimum absolute atomic E-state index is 0.000955. The van der Waals surface area contributed by atoms with Crippen LogP contribution in [-0.4, -0.2) is 12.8 Å². The molecule has 3 aromatic rings. The molecule has 0 aromatic heterocycles. The first-order valence-electron chi connectivity index (χ1n) is 8.23. The van der Waals surface area contributed by atoms with Gasteiger partial charge < -0.3 is 4.74 Å². The van der Waals surface area contributed by atoms with E-state index in [0.717, 1.165) is 11.3 Å². The summed E-state index contributed by atoms with van der Waals surface area (Å²) in [6.45, 7) is 2.66. The van der Waals surface area contributed by atoms with Gasteiger partial charge in [-0.25, -0.2) is 0 Å². The van der Waals surface area contributed by atoms with Gasteiger partial charge in [-0.1, -0.05) is 60.7 Å². The summed E-state index contributed by atoms with van der Waals surface area (Å²) >= 11 is 0. The van der Waals surface area contributed by atoms with Crippen molar-refractivity contribution in [1.29, 1.82) is 0 Å².